The molecule has 138 valence electrons. The highest BCUT2D eigenvalue weighted by Gasteiger charge is 2.30. The summed E-state index contributed by atoms with van der Waals surface area (Å²) in [6.45, 7) is -0.209. The van der Waals surface area contributed by atoms with Crippen LogP contribution in [0.2, 0.25) is 0 Å². The fourth-order valence-electron chi connectivity index (χ4n) is 2.21. The van der Waals surface area contributed by atoms with Crippen molar-refractivity contribution in [2.75, 3.05) is 13.7 Å². The maximum atomic E-state index is 12.5. The fourth-order valence-corrected chi connectivity index (χ4v) is 2.21. The Morgan fingerprint density at radius 1 is 1.08 bits per heavy atom. The number of carbonyl (C=O) groups excluding carboxylic acids is 2. The number of benzene rings is 2. The lowest BCUT2D eigenvalue weighted by Gasteiger charge is -2.18. The van der Waals surface area contributed by atoms with Crippen LogP contribution in [-0.2, 0) is 17.5 Å². The summed E-state index contributed by atoms with van der Waals surface area (Å²) >= 11 is 0. The van der Waals surface area contributed by atoms with Gasteiger partial charge in [-0.3, -0.25) is 9.59 Å². The van der Waals surface area contributed by atoms with E-state index in [0.29, 0.717) is 5.56 Å². The Balaban J connectivity index is 1.95. The number of rotatable bonds is 6. The third-order valence-corrected chi connectivity index (χ3v) is 3.63. The normalized spacial score (nSPS) is 11.1. The van der Waals surface area contributed by atoms with Crippen LogP contribution in [0.5, 0.6) is 5.75 Å². The van der Waals surface area contributed by atoms with Gasteiger partial charge >= 0.3 is 6.18 Å². The summed E-state index contributed by atoms with van der Waals surface area (Å²) in [6.07, 6.45) is -4.40. The van der Waals surface area contributed by atoms with Gasteiger partial charge in [-0.05, 0) is 29.8 Å². The van der Waals surface area contributed by atoms with E-state index in [0.717, 1.165) is 12.1 Å². The number of halogens is 3. The lowest BCUT2D eigenvalue weighted by Crippen LogP contribution is -2.31. The van der Waals surface area contributed by atoms with Crippen LogP contribution < -0.4 is 10.5 Å². The molecule has 0 bridgehead atoms. The van der Waals surface area contributed by atoms with Gasteiger partial charge in [0, 0.05) is 13.6 Å². The molecule has 26 heavy (non-hydrogen) atoms. The first-order valence-electron chi connectivity index (χ1n) is 7.60. The third-order valence-electron chi connectivity index (χ3n) is 3.63. The van der Waals surface area contributed by atoms with Crippen LogP contribution in [0.15, 0.2) is 48.5 Å². The van der Waals surface area contributed by atoms with E-state index in [1.165, 1.54) is 36.2 Å². The smallest absolute Gasteiger partial charge is 0.416 e. The first kappa shape index (κ1) is 19.3. The van der Waals surface area contributed by atoms with Crippen molar-refractivity contribution in [1.82, 2.24) is 4.90 Å². The molecule has 2 amide bonds. The second-order valence-corrected chi connectivity index (χ2v) is 5.59. The van der Waals surface area contributed by atoms with Crippen LogP contribution in [0.4, 0.5) is 13.2 Å². The fraction of sp³-hybridized carbons (Fsp3) is 0.222. The molecule has 0 aliphatic heterocycles. The molecule has 5 nitrogen and oxygen atoms in total. The molecule has 0 aliphatic carbocycles. The van der Waals surface area contributed by atoms with E-state index in [9.17, 15) is 22.8 Å². The summed E-state index contributed by atoms with van der Waals surface area (Å²) in [6, 6.07) is 10.8. The highest BCUT2D eigenvalue weighted by atomic mass is 19.4. The number of hydrogen-bond donors (Lipinski definition) is 1. The van der Waals surface area contributed by atoms with Crippen molar-refractivity contribution in [3.63, 3.8) is 0 Å². The maximum absolute atomic E-state index is 12.5. The summed E-state index contributed by atoms with van der Waals surface area (Å²) in [5.74, 6) is -0.883. The zero-order valence-corrected chi connectivity index (χ0v) is 13.9. The second-order valence-electron chi connectivity index (χ2n) is 5.59. The lowest BCUT2D eigenvalue weighted by atomic mass is 10.1. The van der Waals surface area contributed by atoms with Crippen molar-refractivity contribution in [3.8, 4) is 5.75 Å². The molecular formula is C18H17F3N2O3. The molecule has 8 heteroatoms. The van der Waals surface area contributed by atoms with Gasteiger partial charge in [0.15, 0.2) is 6.61 Å². The lowest BCUT2D eigenvalue weighted by molar-refractivity contribution is -0.137. The van der Waals surface area contributed by atoms with E-state index < -0.39 is 23.6 Å². The molecule has 0 spiro atoms. The largest absolute Gasteiger partial charge is 0.483 e. The van der Waals surface area contributed by atoms with E-state index >= 15 is 0 Å². The van der Waals surface area contributed by atoms with Crippen molar-refractivity contribution < 1.29 is 27.5 Å². The van der Waals surface area contributed by atoms with E-state index in [-0.39, 0.29) is 24.5 Å². The van der Waals surface area contributed by atoms with Crippen molar-refractivity contribution in [2.24, 2.45) is 5.73 Å². The summed E-state index contributed by atoms with van der Waals surface area (Å²) in [7, 11) is 1.50. The minimum Gasteiger partial charge on any atom is -0.483 e. The Hall–Kier alpha value is -3.03. The molecule has 0 saturated heterocycles. The number of ether oxygens (including phenoxy) is 1. The number of amides is 2. The standard InChI is InChI=1S/C18H17F3N2O3/c1-23(10-12-6-8-13(9-7-12)18(19,20)21)16(24)11-26-15-5-3-2-4-14(15)17(22)25/h2-9H,10-11H2,1H3,(H2,22,25). The van der Waals surface area contributed by atoms with Crippen LogP contribution in [0.3, 0.4) is 0 Å². The molecule has 2 N–H and O–H groups in total. The predicted molar refractivity (Wildman–Crippen MR) is 88.4 cm³/mol. The average molecular weight is 366 g/mol. The Labute approximate surface area is 148 Å². The molecule has 0 aliphatic rings. The topological polar surface area (TPSA) is 72.6 Å². The Morgan fingerprint density at radius 2 is 1.69 bits per heavy atom. The van der Waals surface area contributed by atoms with E-state index in [2.05, 4.69) is 0 Å². The number of hydrogen-bond acceptors (Lipinski definition) is 3. The number of nitrogens with zero attached hydrogens (tertiary/aromatic N) is 1. The molecule has 2 rings (SSSR count). The van der Waals surface area contributed by atoms with Crippen molar-refractivity contribution in [2.45, 2.75) is 12.7 Å². The highest BCUT2D eigenvalue weighted by Crippen LogP contribution is 2.29. The second kappa shape index (κ2) is 7.90. The average Bonchev–Trinajstić information content (AvgIpc) is 2.59. The van der Waals surface area contributed by atoms with Crippen LogP contribution in [0.1, 0.15) is 21.5 Å². The van der Waals surface area contributed by atoms with Gasteiger partial charge < -0.3 is 15.4 Å². The van der Waals surface area contributed by atoms with Crippen LogP contribution in [0, 0.1) is 0 Å². The van der Waals surface area contributed by atoms with Gasteiger partial charge in [0.2, 0.25) is 0 Å². The summed E-state index contributed by atoms with van der Waals surface area (Å²) in [5.41, 5.74) is 5.19. The van der Waals surface area contributed by atoms with Gasteiger partial charge in [-0.15, -0.1) is 0 Å². The van der Waals surface area contributed by atoms with Gasteiger partial charge in [-0.25, -0.2) is 0 Å². The van der Waals surface area contributed by atoms with E-state index in [1.54, 1.807) is 12.1 Å². The SMILES string of the molecule is CN(Cc1ccc(C(F)(F)F)cc1)C(=O)COc1ccccc1C(N)=O. The number of likely N-dealkylation sites (N-methyl/N-ethyl adjacent to an activating group) is 1. The van der Waals surface area contributed by atoms with E-state index in [4.69, 9.17) is 10.5 Å². The van der Waals surface area contributed by atoms with Gasteiger partial charge in [-0.2, -0.15) is 13.2 Å². The number of primary amides is 1. The van der Waals surface area contributed by atoms with Crippen LogP contribution >= 0.6 is 0 Å². The first-order chi connectivity index (χ1) is 12.2. The van der Waals surface area contributed by atoms with Crippen molar-refractivity contribution >= 4 is 11.8 Å². The first-order valence-corrected chi connectivity index (χ1v) is 7.60. The Kier molecular flexibility index (Phi) is 5.86. The molecule has 0 fully saturated rings. The Morgan fingerprint density at radius 3 is 2.27 bits per heavy atom. The number of alkyl halides is 3. The van der Waals surface area contributed by atoms with E-state index in [1.807, 2.05) is 0 Å². The molecule has 0 unspecified atom stereocenters. The summed E-state index contributed by atoms with van der Waals surface area (Å²) < 4.78 is 43.0. The van der Waals surface area contributed by atoms with Gasteiger partial charge in [0.1, 0.15) is 5.75 Å². The number of carbonyl (C=O) groups is 2. The van der Waals surface area contributed by atoms with Crippen molar-refractivity contribution in [1.29, 1.82) is 0 Å². The number of para-hydroxylation sites is 1. The minimum atomic E-state index is -4.40. The van der Waals surface area contributed by atoms with Crippen molar-refractivity contribution in [3.05, 3.63) is 65.2 Å². The minimum absolute atomic E-state index is 0.123. The zero-order valence-electron chi connectivity index (χ0n) is 13.9. The molecular weight excluding hydrogens is 349 g/mol. The maximum Gasteiger partial charge on any atom is 0.416 e. The highest BCUT2D eigenvalue weighted by molar-refractivity contribution is 5.95. The van der Waals surface area contributed by atoms with Gasteiger partial charge in [0.05, 0.1) is 11.1 Å². The predicted octanol–water partition coefficient (Wildman–Crippen LogP) is 2.84. The molecule has 2 aromatic carbocycles. The van der Waals surface area contributed by atoms with Crippen LogP contribution in [0.25, 0.3) is 0 Å². The molecule has 0 heterocycles. The summed E-state index contributed by atoms with van der Waals surface area (Å²) in [5, 5.41) is 0. The zero-order chi connectivity index (χ0) is 19.3. The number of nitrogens with two attached hydrogens (primary N) is 1. The Bertz CT molecular complexity index is 789. The monoisotopic (exact) mass is 366 g/mol. The van der Waals surface area contributed by atoms with Gasteiger partial charge in [0.25, 0.3) is 11.8 Å². The molecule has 0 saturated carbocycles. The summed E-state index contributed by atoms with van der Waals surface area (Å²) in [4.78, 5) is 24.8. The molecule has 0 aromatic heterocycles. The molecule has 0 atom stereocenters. The third kappa shape index (κ3) is 4.98. The van der Waals surface area contributed by atoms with Gasteiger partial charge in [-0.1, -0.05) is 24.3 Å². The molecule has 0 radical (unpaired) electrons. The van der Waals surface area contributed by atoms with Crippen LogP contribution in [-0.4, -0.2) is 30.4 Å². The molecule has 2 aromatic rings. The quantitative estimate of drug-likeness (QED) is 0.854.